The van der Waals surface area contributed by atoms with Gasteiger partial charge in [-0.25, -0.2) is 0 Å². The second kappa shape index (κ2) is 8.66. The van der Waals surface area contributed by atoms with Gasteiger partial charge in [0.2, 0.25) is 0 Å². The van der Waals surface area contributed by atoms with Crippen molar-refractivity contribution in [1.29, 1.82) is 0 Å². The molecule has 0 radical (unpaired) electrons. The first-order valence-electron chi connectivity index (χ1n) is 9.86. The Kier molecular flexibility index (Phi) is 5.62. The summed E-state index contributed by atoms with van der Waals surface area (Å²) in [5, 5.41) is 20.0. The summed E-state index contributed by atoms with van der Waals surface area (Å²) in [5.41, 5.74) is 4.77. The summed E-state index contributed by atoms with van der Waals surface area (Å²) >= 11 is 0. The molecule has 0 aliphatic rings. The molecule has 3 heteroatoms. The molecular weight excluding hydrogens is 372 g/mol. The Hall–Kier alpha value is -3.85. The number of phenols is 2. The molecular formula is C27H22O3. The third kappa shape index (κ3) is 4.41. The molecule has 148 valence electrons. The molecule has 0 bridgehead atoms. The predicted molar refractivity (Wildman–Crippen MR) is 118 cm³/mol. The van der Waals surface area contributed by atoms with E-state index in [1.54, 1.807) is 36.4 Å². The molecule has 0 aliphatic heterocycles. The Labute approximate surface area is 175 Å². The molecule has 0 aromatic heterocycles. The number of hydrogen-bond acceptors (Lipinski definition) is 3. The van der Waals surface area contributed by atoms with E-state index in [0.717, 1.165) is 22.3 Å². The van der Waals surface area contributed by atoms with Crippen LogP contribution in [0.2, 0.25) is 0 Å². The van der Waals surface area contributed by atoms with E-state index in [1.165, 1.54) is 0 Å². The average Bonchev–Trinajstić information content (AvgIpc) is 2.75. The van der Waals surface area contributed by atoms with Crippen LogP contribution in [0.25, 0.3) is 0 Å². The van der Waals surface area contributed by atoms with E-state index in [2.05, 4.69) is 0 Å². The van der Waals surface area contributed by atoms with Gasteiger partial charge >= 0.3 is 0 Å². The second-order valence-corrected chi connectivity index (χ2v) is 7.34. The Morgan fingerprint density at radius 1 is 0.567 bits per heavy atom. The summed E-state index contributed by atoms with van der Waals surface area (Å²) in [7, 11) is 0. The van der Waals surface area contributed by atoms with Gasteiger partial charge < -0.3 is 10.2 Å². The highest BCUT2D eigenvalue weighted by Gasteiger charge is 2.18. The standard InChI is InChI=1S/C27H22O3/c28-23-11-13-25(21(17-23)15-19-7-3-1-4-8-19)27(30)26-14-12-24(29)18-22(26)16-20-9-5-2-6-10-20/h1-14,17-18,28-29H,15-16H2. The van der Waals surface area contributed by atoms with Gasteiger partial charge in [0.05, 0.1) is 0 Å². The van der Waals surface area contributed by atoms with E-state index in [4.69, 9.17) is 0 Å². The first kappa shape index (κ1) is 19.5. The topological polar surface area (TPSA) is 57.5 Å². The van der Waals surface area contributed by atoms with Crippen LogP contribution in [-0.2, 0) is 12.8 Å². The summed E-state index contributed by atoms with van der Waals surface area (Å²) in [6, 6.07) is 29.5. The summed E-state index contributed by atoms with van der Waals surface area (Å²) in [4.78, 5) is 13.5. The van der Waals surface area contributed by atoms with Gasteiger partial charge in [-0.15, -0.1) is 0 Å². The summed E-state index contributed by atoms with van der Waals surface area (Å²) < 4.78 is 0. The lowest BCUT2D eigenvalue weighted by molar-refractivity contribution is 0.103. The van der Waals surface area contributed by atoms with Crippen molar-refractivity contribution >= 4 is 5.78 Å². The van der Waals surface area contributed by atoms with Gasteiger partial charge in [-0.05, 0) is 71.5 Å². The number of aromatic hydroxyl groups is 2. The monoisotopic (exact) mass is 394 g/mol. The first-order chi connectivity index (χ1) is 14.6. The molecule has 4 aromatic carbocycles. The zero-order chi connectivity index (χ0) is 20.9. The van der Waals surface area contributed by atoms with Crippen molar-refractivity contribution in [3.63, 3.8) is 0 Å². The quantitative estimate of drug-likeness (QED) is 0.424. The minimum atomic E-state index is -0.119. The van der Waals surface area contributed by atoms with E-state index in [1.807, 2.05) is 60.7 Å². The first-order valence-corrected chi connectivity index (χ1v) is 9.86. The van der Waals surface area contributed by atoms with Gasteiger partial charge in [0.1, 0.15) is 11.5 Å². The maximum absolute atomic E-state index is 13.5. The minimum absolute atomic E-state index is 0.119. The van der Waals surface area contributed by atoms with Crippen molar-refractivity contribution in [3.05, 3.63) is 130 Å². The van der Waals surface area contributed by atoms with Crippen molar-refractivity contribution in [2.75, 3.05) is 0 Å². The van der Waals surface area contributed by atoms with Crippen LogP contribution in [0.1, 0.15) is 38.2 Å². The number of benzene rings is 4. The maximum Gasteiger partial charge on any atom is 0.193 e. The fraction of sp³-hybridized carbons (Fsp3) is 0.0741. The number of ketones is 1. The lowest BCUT2D eigenvalue weighted by Crippen LogP contribution is -2.09. The van der Waals surface area contributed by atoms with Crippen LogP contribution >= 0.6 is 0 Å². The minimum Gasteiger partial charge on any atom is -0.508 e. The third-order valence-electron chi connectivity index (χ3n) is 5.14. The van der Waals surface area contributed by atoms with Crippen molar-refractivity contribution in [3.8, 4) is 11.5 Å². The van der Waals surface area contributed by atoms with E-state index in [0.29, 0.717) is 24.0 Å². The molecule has 4 aromatic rings. The highest BCUT2D eigenvalue weighted by molar-refractivity contribution is 6.11. The fourth-order valence-electron chi connectivity index (χ4n) is 3.67. The Balaban J connectivity index is 1.73. The number of carbonyl (C=O) groups excluding carboxylic acids is 1. The van der Waals surface area contributed by atoms with Gasteiger partial charge in [0.15, 0.2) is 5.78 Å². The zero-order valence-corrected chi connectivity index (χ0v) is 16.5. The average molecular weight is 394 g/mol. The van der Waals surface area contributed by atoms with Crippen LogP contribution in [-0.4, -0.2) is 16.0 Å². The molecule has 0 saturated carbocycles. The molecule has 0 saturated heterocycles. The van der Waals surface area contributed by atoms with Gasteiger partial charge in [-0.2, -0.15) is 0 Å². The molecule has 2 N–H and O–H groups in total. The van der Waals surface area contributed by atoms with Crippen molar-refractivity contribution in [2.24, 2.45) is 0 Å². The number of rotatable bonds is 6. The van der Waals surface area contributed by atoms with Crippen molar-refractivity contribution < 1.29 is 15.0 Å². The summed E-state index contributed by atoms with van der Waals surface area (Å²) in [6.07, 6.45) is 1.09. The summed E-state index contributed by atoms with van der Waals surface area (Å²) in [5.74, 6) is 0.146. The summed E-state index contributed by atoms with van der Waals surface area (Å²) in [6.45, 7) is 0. The van der Waals surface area contributed by atoms with Crippen LogP contribution in [0.15, 0.2) is 97.1 Å². The molecule has 3 nitrogen and oxygen atoms in total. The van der Waals surface area contributed by atoms with E-state index in [-0.39, 0.29) is 17.3 Å². The van der Waals surface area contributed by atoms with Gasteiger partial charge in [0, 0.05) is 11.1 Å². The van der Waals surface area contributed by atoms with Crippen LogP contribution in [0.5, 0.6) is 11.5 Å². The second-order valence-electron chi connectivity index (χ2n) is 7.34. The van der Waals surface area contributed by atoms with Crippen molar-refractivity contribution in [2.45, 2.75) is 12.8 Å². The molecule has 0 atom stereocenters. The molecule has 30 heavy (non-hydrogen) atoms. The number of hydrogen-bond donors (Lipinski definition) is 2. The van der Waals surface area contributed by atoms with Crippen LogP contribution in [0.3, 0.4) is 0 Å². The number of phenolic OH excluding ortho intramolecular Hbond substituents is 2. The van der Waals surface area contributed by atoms with E-state index >= 15 is 0 Å². The molecule has 0 aliphatic carbocycles. The SMILES string of the molecule is O=C(c1ccc(O)cc1Cc1ccccc1)c1ccc(O)cc1Cc1ccccc1. The lowest BCUT2D eigenvalue weighted by atomic mass is 9.90. The Morgan fingerprint density at radius 3 is 1.37 bits per heavy atom. The molecule has 0 unspecified atom stereocenters. The zero-order valence-electron chi connectivity index (χ0n) is 16.5. The predicted octanol–water partition coefficient (Wildman–Crippen LogP) is 5.51. The molecule has 4 rings (SSSR count). The largest absolute Gasteiger partial charge is 0.508 e. The molecule has 0 amide bonds. The smallest absolute Gasteiger partial charge is 0.193 e. The number of carbonyl (C=O) groups is 1. The Morgan fingerprint density at radius 2 is 0.967 bits per heavy atom. The van der Waals surface area contributed by atoms with E-state index in [9.17, 15) is 15.0 Å². The third-order valence-corrected chi connectivity index (χ3v) is 5.14. The maximum atomic E-state index is 13.5. The molecule has 0 heterocycles. The van der Waals surface area contributed by atoms with Gasteiger partial charge in [0.25, 0.3) is 0 Å². The highest BCUT2D eigenvalue weighted by atomic mass is 16.3. The lowest BCUT2D eigenvalue weighted by Gasteiger charge is -2.13. The van der Waals surface area contributed by atoms with Crippen LogP contribution < -0.4 is 0 Å². The molecule has 0 spiro atoms. The molecule has 0 fully saturated rings. The van der Waals surface area contributed by atoms with E-state index < -0.39 is 0 Å². The Bertz CT molecular complexity index is 1070. The highest BCUT2D eigenvalue weighted by Crippen LogP contribution is 2.27. The van der Waals surface area contributed by atoms with Crippen LogP contribution in [0.4, 0.5) is 0 Å². The van der Waals surface area contributed by atoms with Crippen molar-refractivity contribution in [1.82, 2.24) is 0 Å². The van der Waals surface area contributed by atoms with Crippen LogP contribution in [0, 0.1) is 0 Å². The fourth-order valence-corrected chi connectivity index (χ4v) is 3.67. The normalized spacial score (nSPS) is 10.7. The van der Waals surface area contributed by atoms with Gasteiger partial charge in [-0.3, -0.25) is 4.79 Å². The van der Waals surface area contributed by atoms with Gasteiger partial charge in [-0.1, -0.05) is 60.7 Å².